The van der Waals surface area contributed by atoms with Gasteiger partial charge in [-0.15, -0.1) is 0 Å². The molecular formula is C7H11N3OS. The van der Waals surface area contributed by atoms with E-state index >= 15 is 0 Å². The van der Waals surface area contributed by atoms with Crippen LogP contribution in [0.5, 0.6) is 0 Å². The molecule has 0 bridgehead atoms. The number of hydrogen-bond donors (Lipinski definition) is 2. The smallest absolute Gasteiger partial charge is 0.253 e. The van der Waals surface area contributed by atoms with Crippen molar-refractivity contribution in [2.24, 2.45) is 4.99 Å². The summed E-state index contributed by atoms with van der Waals surface area (Å²) in [7, 11) is 1.67. The van der Waals surface area contributed by atoms with Crippen LogP contribution >= 0.6 is 11.8 Å². The van der Waals surface area contributed by atoms with Gasteiger partial charge in [0.05, 0.1) is 0 Å². The molecule has 1 spiro atoms. The molecule has 0 saturated carbocycles. The molecule has 0 aromatic heterocycles. The first kappa shape index (κ1) is 7.91. The molecule has 2 saturated heterocycles. The van der Waals surface area contributed by atoms with Crippen LogP contribution in [0.15, 0.2) is 4.99 Å². The van der Waals surface area contributed by atoms with Gasteiger partial charge < -0.3 is 5.32 Å². The molecule has 1 amide bonds. The molecule has 2 heterocycles. The van der Waals surface area contributed by atoms with Gasteiger partial charge in [-0.25, -0.2) is 0 Å². The molecule has 2 N–H and O–H groups in total. The van der Waals surface area contributed by atoms with Crippen LogP contribution in [0.25, 0.3) is 0 Å². The highest BCUT2D eigenvalue weighted by molar-refractivity contribution is 7.99. The van der Waals surface area contributed by atoms with E-state index in [1.807, 2.05) is 11.8 Å². The van der Waals surface area contributed by atoms with Gasteiger partial charge in [0.2, 0.25) is 0 Å². The molecule has 0 aliphatic carbocycles. The second-order valence-electron chi connectivity index (χ2n) is 3.04. The van der Waals surface area contributed by atoms with Crippen molar-refractivity contribution in [3.63, 3.8) is 0 Å². The highest BCUT2D eigenvalue weighted by Gasteiger charge is 2.47. The van der Waals surface area contributed by atoms with E-state index in [0.29, 0.717) is 5.96 Å². The number of rotatable bonds is 0. The average molecular weight is 185 g/mol. The van der Waals surface area contributed by atoms with E-state index in [-0.39, 0.29) is 11.4 Å². The Labute approximate surface area is 75.2 Å². The first-order valence-electron chi connectivity index (χ1n) is 3.91. The van der Waals surface area contributed by atoms with Gasteiger partial charge in [0, 0.05) is 12.8 Å². The quantitative estimate of drug-likeness (QED) is 0.538. The predicted octanol–water partition coefficient (Wildman–Crippen LogP) is -0.433. The van der Waals surface area contributed by atoms with Gasteiger partial charge >= 0.3 is 0 Å². The Morgan fingerprint density at radius 3 is 3.00 bits per heavy atom. The molecule has 66 valence electrons. The number of carbonyl (C=O) groups is 1. The van der Waals surface area contributed by atoms with Gasteiger partial charge in [-0.1, -0.05) is 0 Å². The van der Waals surface area contributed by atoms with Crippen molar-refractivity contribution in [2.45, 2.75) is 12.0 Å². The summed E-state index contributed by atoms with van der Waals surface area (Å²) in [6.07, 6.45) is 0.905. The molecule has 1 atom stereocenters. The fraction of sp³-hybridized carbons (Fsp3) is 0.714. The maximum Gasteiger partial charge on any atom is 0.253 e. The molecule has 2 aliphatic rings. The van der Waals surface area contributed by atoms with Gasteiger partial charge in [-0.05, 0) is 12.2 Å². The van der Waals surface area contributed by atoms with E-state index in [1.165, 1.54) is 0 Å². The number of aliphatic imine (C=N–C) groups is 1. The Balaban J connectivity index is 2.22. The molecular weight excluding hydrogens is 174 g/mol. The summed E-state index contributed by atoms with van der Waals surface area (Å²) in [5.74, 6) is 2.60. The van der Waals surface area contributed by atoms with Crippen LogP contribution in [0.1, 0.15) is 6.42 Å². The van der Waals surface area contributed by atoms with E-state index in [9.17, 15) is 4.79 Å². The minimum Gasteiger partial charge on any atom is -0.341 e. The molecule has 0 aromatic rings. The number of nitrogens with zero attached hydrogens (tertiary/aromatic N) is 1. The lowest BCUT2D eigenvalue weighted by Gasteiger charge is -2.17. The second kappa shape index (κ2) is 2.65. The van der Waals surface area contributed by atoms with Crippen molar-refractivity contribution < 1.29 is 4.79 Å². The predicted molar refractivity (Wildman–Crippen MR) is 49.3 cm³/mol. The molecule has 2 rings (SSSR count). The fourth-order valence-corrected chi connectivity index (χ4v) is 2.83. The number of carbonyl (C=O) groups excluding carboxylic acids is 1. The van der Waals surface area contributed by atoms with Crippen molar-refractivity contribution in [3.8, 4) is 0 Å². The van der Waals surface area contributed by atoms with Crippen molar-refractivity contribution in [1.29, 1.82) is 0 Å². The number of hydrogen-bond acceptors (Lipinski definition) is 3. The summed E-state index contributed by atoms with van der Waals surface area (Å²) in [5, 5.41) is 5.86. The molecule has 5 heteroatoms. The number of nitrogens with one attached hydrogen (secondary N) is 2. The van der Waals surface area contributed by atoms with Gasteiger partial charge in [0.1, 0.15) is 5.54 Å². The minimum atomic E-state index is -0.348. The third-order valence-corrected chi connectivity index (χ3v) is 3.46. The summed E-state index contributed by atoms with van der Waals surface area (Å²) in [6.45, 7) is 0. The van der Waals surface area contributed by atoms with Gasteiger partial charge in [0.15, 0.2) is 5.96 Å². The maximum absolute atomic E-state index is 11.5. The van der Waals surface area contributed by atoms with Crippen molar-refractivity contribution in [3.05, 3.63) is 0 Å². The monoisotopic (exact) mass is 185 g/mol. The van der Waals surface area contributed by atoms with Crippen molar-refractivity contribution in [1.82, 2.24) is 10.6 Å². The minimum absolute atomic E-state index is 0.0769. The summed E-state index contributed by atoms with van der Waals surface area (Å²) in [4.78, 5) is 15.4. The Morgan fingerprint density at radius 2 is 2.50 bits per heavy atom. The lowest BCUT2D eigenvalue weighted by molar-refractivity contribution is -0.123. The van der Waals surface area contributed by atoms with Gasteiger partial charge in [0.25, 0.3) is 5.91 Å². The Bertz CT molecular complexity index is 245. The average Bonchev–Trinajstić information content (AvgIpc) is 2.63. The molecule has 2 aliphatic heterocycles. The summed E-state index contributed by atoms with van der Waals surface area (Å²) in [5.41, 5.74) is -0.348. The Kier molecular flexibility index (Phi) is 1.75. The zero-order chi connectivity index (χ0) is 8.60. The van der Waals surface area contributed by atoms with E-state index in [2.05, 4.69) is 15.6 Å². The zero-order valence-corrected chi connectivity index (χ0v) is 7.70. The molecule has 0 radical (unpaired) electrons. The van der Waals surface area contributed by atoms with Gasteiger partial charge in [-0.2, -0.15) is 11.8 Å². The van der Waals surface area contributed by atoms with Gasteiger partial charge in [-0.3, -0.25) is 15.1 Å². The third-order valence-electron chi connectivity index (χ3n) is 2.27. The van der Waals surface area contributed by atoms with Crippen LogP contribution in [0, 0.1) is 0 Å². The summed E-state index contributed by atoms with van der Waals surface area (Å²) >= 11 is 1.81. The molecule has 4 nitrogen and oxygen atoms in total. The van der Waals surface area contributed by atoms with E-state index in [4.69, 9.17) is 0 Å². The summed E-state index contributed by atoms with van der Waals surface area (Å²) in [6, 6.07) is 0. The van der Waals surface area contributed by atoms with E-state index in [0.717, 1.165) is 17.9 Å². The Hall–Kier alpha value is -0.710. The Morgan fingerprint density at radius 1 is 1.67 bits per heavy atom. The lowest BCUT2D eigenvalue weighted by Crippen LogP contribution is -2.46. The second-order valence-corrected chi connectivity index (χ2v) is 4.14. The van der Waals surface area contributed by atoms with Crippen molar-refractivity contribution in [2.75, 3.05) is 18.6 Å². The van der Waals surface area contributed by atoms with E-state index < -0.39 is 0 Å². The fourth-order valence-electron chi connectivity index (χ4n) is 1.50. The van der Waals surface area contributed by atoms with Crippen molar-refractivity contribution >= 4 is 23.6 Å². The molecule has 1 unspecified atom stereocenters. The highest BCUT2D eigenvalue weighted by atomic mass is 32.2. The standard InChI is InChI=1S/C7H11N3OS/c1-8-6-9-5(11)7(10-6)2-3-12-4-7/h2-4H2,1H3,(H2,8,9,10,11). The maximum atomic E-state index is 11.5. The first-order valence-corrected chi connectivity index (χ1v) is 5.06. The largest absolute Gasteiger partial charge is 0.341 e. The first-order chi connectivity index (χ1) is 5.77. The molecule has 2 fully saturated rings. The van der Waals surface area contributed by atoms with Crippen LogP contribution in [-0.4, -0.2) is 36.0 Å². The highest BCUT2D eigenvalue weighted by Crippen LogP contribution is 2.29. The zero-order valence-electron chi connectivity index (χ0n) is 6.89. The molecule has 0 aromatic carbocycles. The number of guanidine groups is 1. The SMILES string of the molecule is CN=C1NC(=O)C2(CCSC2)N1. The normalized spacial score (nSPS) is 37.4. The molecule has 12 heavy (non-hydrogen) atoms. The van der Waals surface area contributed by atoms with Crippen LogP contribution in [0.2, 0.25) is 0 Å². The van der Waals surface area contributed by atoms with Crippen LogP contribution in [-0.2, 0) is 4.79 Å². The number of amides is 1. The third kappa shape index (κ3) is 0.998. The summed E-state index contributed by atoms with van der Waals surface area (Å²) < 4.78 is 0. The topological polar surface area (TPSA) is 53.5 Å². The lowest BCUT2D eigenvalue weighted by atomic mass is 10.0. The number of thioether (sulfide) groups is 1. The van der Waals surface area contributed by atoms with E-state index in [1.54, 1.807) is 7.05 Å². The van der Waals surface area contributed by atoms with Crippen LogP contribution in [0.4, 0.5) is 0 Å². The van der Waals surface area contributed by atoms with Crippen LogP contribution < -0.4 is 10.6 Å². The van der Waals surface area contributed by atoms with Crippen LogP contribution in [0.3, 0.4) is 0 Å².